The number of benzene rings is 2. The molecular formula is C20H22N2O4. The number of rotatable bonds is 4. The summed E-state index contributed by atoms with van der Waals surface area (Å²) in [6, 6.07) is 15.2. The molecule has 2 aromatic rings. The number of amides is 1. The monoisotopic (exact) mass is 354 g/mol. The highest BCUT2D eigenvalue weighted by atomic mass is 16.6. The minimum atomic E-state index is -0.204. The van der Waals surface area contributed by atoms with Crippen LogP contribution in [-0.2, 0) is 4.74 Å². The summed E-state index contributed by atoms with van der Waals surface area (Å²) in [5.74, 6) is 1.36. The Hall–Kier alpha value is -2.73. The van der Waals surface area contributed by atoms with Crippen molar-refractivity contribution in [2.75, 3.05) is 44.4 Å². The second-order valence-corrected chi connectivity index (χ2v) is 6.32. The van der Waals surface area contributed by atoms with Gasteiger partial charge in [0, 0.05) is 18.8 Å². The van der Waals surface area contributed by atoms with Gasteiger partial charge in [0.2, 0.25) is 0 Å². The molecule has 4 rings (SSSR count). The molecule has 1 saturated heterocycles. The fraction of sp³-hybridized carbons (Fsp3) is 0.350. The molecular weight excluding hydrogens is 332 g/mol. The van der Waals surface area contributed by atoms with Crippen molar-refractivity contribution in [1.29, 1.82) is 0 Å². The Balaban J connectivity index is 1.40. The summed E-state index contributed by atoms with van der Waals surface area (Å²) in [4.78, 5) is 14.9. The van der Waals surface area contributed by atoms with Crippen molar-refractivity contribution in [1.82, 2.24) is 5.32 Å². The van der Waals surface area contributed by atoms with Crippen molar-refractivity contribution in [2.24, 2.45) is 0 Å². The molecule has 26 heavy (non-hydrogen) atoms. The number of carbonyl (C=O) groups is 1. The third-order valence-corrected chi connectivity index (χ3v) is 4.56. The van der Waals surface area contributed by atoms with Crippen LogP contribution in [0.5, 0.6) is 11.5 Å². The Morgan fingerprint density at radius 3 is 2.62 bits per heavy atom. The van der Waals surface area contributed by atoms with Gasteiger partial charge in [0.05, 0.1) is 25.3 Å². The number of fused-ring (bicyclic) bond motifs is 1. The molecule has 1 amide bonds. The Morgan fingerprint density at radius 1 is 1.04 bits per heavy atom. The van der Waals surface area contributed by atoms with E-state index < -0.39 is 0 Å². The van der Waals surface area contributed by atoms with Gasteiger partial charge in [-0.25, -0.2) is 0 Å². The van der Waals surface area contributed by atoms with E-state index in [9.17, 15) is 4.79 Å². The SMILES string of the molecule is O=C(NCC1COc2ccccc2O1)c1ccccc1N1CCOCC1. The lowest BCUT2D eigenvalue weighted by atomic mass is 10.1. The zero-order chi connectivity index (χ0) is 17.8. The fourth-order valence-electron chi connectivity index (χ4n) is 3.21. The maximum Gasteiger partial charge on any atom is 0.253 e. The Bertz CT molecular complexity index is 774. The first-order chi connectivity index (χ1) is 12.8. The van der Waals surface area contributed by atoms with Gasteiger partial charge in [-0.2, -0.15) is 0 Å². The minimum absolute atomic E-state index is 0.102. The normalized spacial score (nSPS) is 19.1. The van der Waals surface area contributed by atoms with Crippen LogP contribution >= 0.6 is 0 Å². The molecule has 6 heteroatoms. The second-order valence-electron chi connectivity index (χ2n) is 6.32. The summed E-state index contributed by atoms with van der Waals surface area (Å²) in [6.07, 6.45) is -0.204. The largest absolute Gasteiger partial charge is 0.486 e. The maximum atomic E-state index is 12.7. The highest BCUT2D eigenvalue weighted by Gasteiger charge is 2.23. The van der Waals surface area contributed by atoms with Crippen LogP contribution in [0.15, 0.2) is 48.5 Å². The maximum absolute atomic E-state index is 12.7. The lowest BCUT2D eigenvalue weighted by molar-refractivity contribution is 0.0789. The first-order valence-corrected chi connectivity index (χ1v) is 8.89. The predicted molar refractivity (Wildman–Crippen MR) is 98.2 cm³/mol. The number of ether oxygens (including phenoxy) is 3. The van der Waals surface area contributed by atoms with Crippen LogP contribution in [0.4, 0.5) is 5.69 Å². The van der Waals surface area contributed by atoms with Gasteiger partial charge in [0.25, 0.3) is 5.91 Å². The van der Waals surface area contributed by atoms with Crippen molar-refractivity contribution < 1.29 is 19.0 Å². The fourth-order valence-corrected chi connectivity index (χ4v) is 3.21. The molecule has 0 saturated carbocycles. The molecule has 0 spiro atoms. The highest BCUT2D eigenvalue weighted by Crippen LogP contribution is 2.30. The van der Waals surface area contributed by atoms with E-state index >= 15 is 0 Å². The van der Waals surface area contributed by atoms with Crippen molar-refractivity contribution in [3.63, 3.8) is 0 Å². The van der Waals surface area contributed by atoms with Gasteiger partial charge in [0.1, 0.15) is 12.7 Å². The summed E-state index contributed by atoms with van der Waals surface area (Å²) in [5, 5.41) is 2.98. The van der Waals surface area contributed by atoms with Gasteiger partial charge in [-0.15, -0.1) is 0 Å². The molecule has 1 fully saturated rings. The quantitative estimate of drug-likeness (QED) is 0.911. The van der Waals surface area contributed by atoms with E-state index in [2.05, 4.69) is 10.2 Å². The first kappa shape index (κ1) is 16.7. The molecule has 2 heterocycles. The molecule has 1 atom stereocenters. The Kier molecular flexibility index (Phi) is 4.93. The van der Waals surface area contributed by atoms with Gasteiger partial charge in [0.15, 0.2) is 11.5 Å². The molecule has 0 aliphatic carbocycles. The molecule has 6 nitrogen and oxygen atoms in total. The lowest BCUT2D eigenvalue weighted by Gasteiger charge is -2.30. The molecule has 0 bridgehead atoms. The average molecular weight is 354 g/mol. The number of anilines is 1. The van der Waals surface area contributed by atoms with Crippen LogP contribution < -0.4 is 19.7 Å². The van der Waals surface area contributed by atoms with E-state index in [-0.39, 0.29) is 12.0 Å². The van der Waals surface area contributed by atoms with Crippen LogP contribution in [0.3, 0.4) is 0 Å². The zero-order valence-corrected chi connectivity index (χ0v) is 14.5. The predicted octanol–water partition coefficient (Wildman–Crippen LogP) is 2.09. The number of hydrogen-bond donors (Lipinski definition) is 1. The average Bonchev–Trinajstić information content (AvgIpc) is 2.72. The van der Waals surface area contributed by atoms with E-state index in [1.165, 1.54) is 0 Å². The molecule has 1 N–H and O–H groups in total. The number of para-hydroxylation sites is 3. The Labute approximate surface area is 152 Å². The van der Waals surface area contributed by atoms with E-state index in [1.807, 2.05) is 48.5 Å². The van der Waals surface area contributed by atoms with Gasteiger partial charge >= 0.3 is 0 Å². The lowest BCUT2D eigenvalue weighted by Crippen LogP contribution is -2.42. The standard InChI is InChI=1S/C20H22N2O4/c23-20(16-5-1-2-6-17(16)22-9-11-24-12-10-22)21-13-15-14-25-18-7-3-4-8-19(18)26-15/h1-8,15H,9-14H2,(H,21,23). The van der Waals surface area contributed by atoms with Crippen molar-refractivity contribution in [2.45, 2.75) is 6.10 Å². The summed E-state index contributed by atoms with van der Waals surface area (Å²) < 4.78 is 17.0. The molecule has 0 aromatic heterocycles. The third kappa shape index (κ3) is 3.60. The summed E-state index contributed by atoms with van der Waals surface area (Å²) >= 11 is 0. The highest BCUT2D eigenvalue weighted by molar-refractivity contribution is 5.99. The molecule has 2 aromatic carbocycles. The van der Waals surface area contributed by atoms with Crippen LogP contribution in [0.2, 0.25) is 0 Å². The van der Waals surface area contributed by atoms with Crippen LogP contribution in [0, 0.1) is 0 Å². The number of carbonyl (C=O) groups excluding carboxylic acids is 1. The van der Waals surface area contributed by atoms with Gasteiger partial charge in [-0.3, -0.25) is 4.79 Å². The van der Waals surface area contributed by atoms with Crippen LogP contribution in [0.25, 0.3) is 0 Å². The van der Waals surface area contributed by atoms with Gasteiger partial charge in [-0.05, 0) is 24.3 Å². The van der Waals surface area contributed by atoms with Crippen molar-refractivity contribution in [3.05, 3.63) is 54.1 Å². The zero-order valence-electron chi connectivity index (χ0n) is 14.5. The van der Waals surface area contributed by atoms with Gasteiger partial charge in [-0.1, -0.05) is 24.3 Å². The van der Waals surface area contributed by atoms with Crippen molar-refractivity contribution >= 4 is 11.6 Å². The molecule has 136 valence electrons. The minimum Gasteiger partial charge on any atom is -0.486 e. The van der Waals surface area contributed by atoms with Gasteiger partial charge < -0.3 is 24.4 Å². The summed E-state index contributed by atoms with van der Waals surface area (Å²) in [7, 11) is 0. The number of morpholine rings is 1. The molecule has 1 unspecified atom stereocenters. The van der Waals surface area contributed by atoms with E-state index in [4.69, 9.17) is 14.2 Å². The second kappa shape index (κ2) is 7.66. The number of hydrogen-bond acceptors (Lipinski definition) is 5. The third-order valence-electron chi connectivity index (χ3n) is 4.56. The Morgan fingerprint density at radius 2 is 1.77 bits per heavy atom. The number of nitrogens with one attached hydrogen (secondary N) is 1. The van der Waals surface area contributed by atoms with E-state index in [0.29, 0.717) is 37.7 Å². The van der Waals surface area contributed by atoms with Crippen molar-refractivity contribution in [3.8, 4) is 11.5 Å². The first-order valence-electron chi connectivity index (χ1n) is 8.89. The van der Waals surface area contributed by atoms with E-state index in [1.54, 1.807) is 0 Å². The molecule has 2 aliphatic rings. The van der Waals surface area contributed by atoms with Crippen LogP contribution in [-0.4, -0.2) is 51.5 Å². The van der Waals surface area contributed by atoms with E-state index in [0.717, 1.165) is 24.5 Å². The number of nitrogens with zero attached hydrogens (tertiary/aromatic N) is 1. The molecule has 0 radical (unpaired) electrons. The molecule has 2 aliphatic heterocycles. The smallest absolute Gasteiger partial charge is 0.253 e. The van der Waals surface area contributed by atoms with Crippen LogP contribution in [0.1, 0.15) is 10.4 Å². The summed E-state index contributed by atoms with van der Waals surface area (Å²) in [6.45, 7) is 3.76. The topological polar surface area (TPSA) is 60.0 Å². The summed E-state index contributed by atoms with van der Waals surface area (Å²) in [5.41, 5.74) is 1.62.